The number of pyridine rings is 1. The van der Waals surface area contributed by atoms with E-state index < -0.39 is 0 Å². The average Bonchev–Trinajstić information content (AvgIpc) is 2.33. The molecule has 0 amide bonds. The van der Waals surface area contributed by atoms with Gasteiger partial charge in [-0.2, -0.15) is 5.10 Å². The van der Waals surface area contributed by atoms with Gasteiger partial charge in [-0.05, 0) is 38.2 Å². The summed E-state index contributed by atoms with van der Waals surface area (Å²) < 4.78 is 0. The SMILES string of the molecule is CCN(CC)C(=S)NN=Cc1ncccc1N. The molecule has 5 nitrogen and oxygen atoms in total. The molecule has 0 fully saturated rings. The van der Waals surface area contributed by atoms with Crippen molar-refractivity contribution in [1.82, 2.24) is 15.3 Å². The Kier molecular flexibility index (Phi) is 5.35. The highest BCUT2D eigenvalue weighted by Gasteiger charge is 2.02. The number of thiocarbonyl (C=S) groups is 1. The number of nitrogen functional groups attached to an aromatic ring is 1. The molecular formula is C11H17N5S. The average molecular weight is 251 g/mol. The van der Waals surface area contributed by atoms with Crippen molar-refractivity contribution >= 4 is 29.2 Å². The largest absolute Gasteiger partial charge is 0.397 e. The fraction of sp³-hybridized carbons (Fsp3) is 0.364. The molecule has 0 atom stereocenters. The maximum Gasteiger partial charge on any atom is 0.189 e. The number of nitrogens with zero attached hydrogens (tertiary/aromatic N) is 3. The molecule has 0 aliphatic carbocycles. The van der Waals surface area contributed by atoms with Crippen molar-refractivity contribution in [2.24, 2.45) is 5.10 Å². The summed E-state index contributed by atoms with van der Waals surface area (Å²) in [6.07, 6.45) is 3.23. The van der Waals surface area contributed by atoms with Crippen molar-refractivity contribution in [3.63, 3.8) is 0 Å². The maximum absolute atomic E-state index is 5.72. The molecule has 0 aliphatic rings. The molecule has 1 aromatic rings. The van der Waals surface area contributed by atoms with Gasteiger partial charge in [0.05, 0.1) is 11.9 Å². The Morgan fingerprint density at radius 3 is 2.88 bits per heavy atom. The van der Waals surface area contributed by atoms with Gasteiger partial charge in [0.2, 0.25) is 0 Å². The molecular weight excluding hydrogens is 234 g/mol. The van der Waals surface area contributed by atoms with Gasteiger partial charge in [-0.15, -0.1) is 0 Å². The van der Waals surface area contributed by atoms with Crippen molar-refractivity contribution in [3.8, 4) is 0 Å². The maximum atomic E-state index is 5.72. The lowest BCUT2D eigenvalue weighted by Crippen LogP contribution is -2.37. The second-order valence-electron chi connectivity index (χ2n) is 3.33. The van der Waals surface area contributed by atoms with Crippen LogP contribution in [0, 0.1) is 0 Å². The van der Waals surface area contributed by atoms with E-state index in [0.29, 0.717) is 16.5 Å². The van der Waals surface area contributed by atoms with Gasteiger partial charge in [-0.3, -0.25) is 10.4 Å². The lowest BCUT2D eigenvalue weighted by Gasteiger charge is -2.20. The van der Waals surface area contributed by atoms with Gasteiger partial charge in [0.1, 0.15) is 5.69 Å². The third kappa shape index (κ3) is 3.99. The highest BCUT2D eigenvalue weighted by molar-refractivity contribution is 7.80. The first kappa shape index (κ1) is 13.4. The van der Waals surface area contributed by atoms with Crippen molar-refractivity contribution in [3.05, 3.63) is 24.0 Å². The Bertz CT molecular complexity index is 401. The fourth-order valence-electron chi connectivity index (χ4n) is 1.27. The molecule has 0 aromatic carbocycles. The molecule has 17 heavy (non-hydrogen) atoms. The smallest absolute Gasteiger partial charge is 0.189 e. The standard InChI is InChI=1S/C11H17N5S/c1-3-16(4-2)11(17)15-14-8-10-9(12)6-5-7-13-10/h5-8H,3-4,12H2,1-2H3,(H,15,17). The van der Waals surface area contributed by atoms with Crippen molar-refractivity contribution in [2.45, 2.75) is 13.8 Å². The van der Waals surface area contributed by atoms with Crippen LogP contribution in [0.5, 0.6) is 0 Å². The summed E-state index contributed by atoms with van der Waals surface area (Å²) >= 11 is 5.17. The third-order valence-corrected chi connectivity index (χ3v) is 2.62. The molecule has 0 radical (unpaired) electrons. The van der Waals surface area contributed by atoms with E-state index >= 15 is 0 Å². The minimum atomic E-state index is 0.590. The zero-order chi connectivity index (χ0) is 12.7. The van der Waals surface area contributed by atoms with E-state index in [-0.39, 0.29) is 0 Å². The number of aromatic nitrogens is 1. The molecule has 1 aromatic heterocycles. The fourth-order valence-corrected chi connectivity index (χ4v) is 1.58. The molecule has 92 valence electrons. The predicted molar refractivity (Wildman–Crippen MR) is 74.9 cm³/mol. The van der Waals surface area contributed by atoms with Gasteiger partial charge in [-0.1, -0.05) is 0 Å². The number of rotatable bonds is 4. The van der Waals surface area contributed by atoms with Crippen LogP contribution in [0.3, 0.4) is 0 Å². The first-order valence-electron chi connectivity index (χ1n) is 5.47. The Labute approximate surface area is 107 Å². The van der Waals surface area contributed by atoms with Crippen molar-refractivity contribution in [2.75, 3.05) is 18.8 Å². The minimum Gasteiger partial charge on any atom is -0.397 e. The second kappa shape index (κ2) is 6.80. The van der Waals surface area contributed by atoms with Crippen LogP contribution < -0.4 is 11.2 Å². The molecule has 1 heterocycles. The summed E-state index contributed by atoms with van der Waals surface area (Å²) in [6.45, 7) is 5.78. The Morgan fingerprint density at radius 1 is 1.59 bits per heavy atom. The quantitative estimate of drug-likeness (QED) is 0.478. The first-order chi connectivity index (χ1) is 8.19. The minimum absolute atomic E-state index is 0.590. The van der Waals surface area contributed by atoms with Gasteiger partial charge in [0.15, 0.2) is 5.11 Å². The van der Waals surface area contributed by atoms with Gasteiger partial charge in [-0.25, -0.2) is 0 Å². The Balaban J connectivity index is 2.56. The van der Waals surface area contributed by atoms with Crippen LogP contribution >= 0.6 is 12.2 Å². The van der Waals surface area contributed by atoms with Gasteiger partial charge in [0.25, 0.3) is 0 Å². The number of nitrogens with one attached hydrogen (secondary N) is 1. The van der Waals surface area contributed by atoms with Crippen LogP contribution in [0.25, 0.3) is 0 Å². The van der Waals surface area contributed by atoms with Crippen LogP contribution in [0.4, 0.5) is 5.69 Å². The lowest BCUT2D eigenvalue weighted by molar-refractivity contribution is 0.458. The first-order valence-corrected chi connectivity index (χ1v) is 5.88. The summed E-state index contributed by atoms with van der Waals surface area (Å²) in [4.78, 5) is 6.08. The molecule has 0 spiro atoms. The monoisotopic (exact) mass is 251 g/mol. The molecule has 0 saturated heterocycles. The zero-order valence-corrected chi connectivity index (χ0v) is 10.9. The van der Waals surface area contributed by atoms with E-state index in [0.717, 1.165) is 13.1 Å². The van der Waals surface area contributed by atoms with Gasteiger partial charge in [0, 0.05) is 19.3 Å². The van der Waals surface area contributed by atoms with Gasteiger partial charge >= 0.3 is 0 Å². The van der Waals surface area contributed by atoms with Crippen LogP contribution in [0.1, 0.15) is 19.5 Å². The third-order valence-electron chi connectivity index (χ3n) is 2.27. The molecule has 0 bridgehead atoms. The Hall–Kier alpha value is -1.69. The summed E-state index contributed by atoms with van der Waals surface area (Å²) in [5.74, 6) is 0. The molecule has 0 aliphatic heterocycles. The topological polar surface area (TPSA) is 66.5 Å². The van der Waals surface area contributed by atoms with E-state index in [1.165, 1.54) is 0 Å². The zero-order valence-electron chi connectivity index (χ0n) is 10.1. The van der Waals surface area contributed by atoms with E-state index in [2.05, 4.69) is 15.5 Å². The van der Waals surface area contributed by atoms with Crippen LogP contribution in [0.15, 0.2) is 23.4 Å². The number of nitrogens with two attached hydrogens (primary N) is 1. The number of hydrogen-bond donors (Lipinski definition) is 2. The molecule has 0 saturated carbocycles. The van der Waals surface area contributed by atoms with Crippen LogP contribution in [0.2, 0.25) is 0 Å². The summed E-state index contributed by atoms with van der Waals surface area (Å²) in [6, 6.07) is 3.55. The van der Waals surface area contributed by atoms with Crippen LogP contribution in [-0.2, 0) is 0 Å². The highest BCUT2D eigenvalue weighted by atomic mass is 32.1. The second-order valence-corrected chi connectivity index (χ2v) is 3.71. The highest BCUT2D eigenvalue weighted by Crippen LogP contribution is 2.02. The van der Waals surface area contributed by atoms with E-state index in [1.807, 2.05) is 18.7 Å². The van der Waals surface area contributed by atoms with Crippen molar-refractivity contribution in [1.29, 1.82) is 0 Å². The lowest BCUT2D eigenvalue weighted by atomic mass is 10.3. The predicted octanol–water partition coefficient (Wildman–Crippen LogP) is 1.21. The van der Waals surface area contributed by atoms with E-state index in [9.17, 15) is 0 Å². The molecule has 1 rings (SSSR count). The molecule has 6 heteroatoms. The Morgan fingerprint density at radius 2 is 2.29 bits per heavy atom. The van der Waals surface area contributed by atoms with E-state index in [1.54, 1.807) is 24.5 Å². The molecule has 0 unspecified atom stereocenters. The summed E-state index contributed by atoms with van der Waals surface area (Å²) in [7, 11) is 0. The van der Waals surface area contributed by atoms with Crippen LogP contribution in [-0.4, -0.2) is 34.3 Å². The number of hydrazone groups is 1. The van der Waals surface area contributed by atoms with E-state index in [4.69, 9.17) is 18.0 Å². The van der Waals surface area contributed by atoms with Crippen molar-refractivity contribution < 1.29 is 0 Å². The summed E-state index contributed by atoms with van der Waals surface area (Å²) in [5, 5.41) is 4.62. The number of hydrogen-bond acceptors (Lipinski definition) is 4. The molecule has 3 N–H and O–H groups in total. The van der Waals surface area contributed by atoms with Gasteiger partial charge < -0.3 is 10.6 Å². The summed E-state index contributed by atoms with van der Waals surface area (Å²) in [5.41, 5.74) is 9.73. The normalized spacial score (nSPS) is 10.5. The number of anilines is 1.